The van der Waals surface area contributed by atoms with Gasteiger partial charge >= 0.3 is 17.8 Å². The average Bonchev–Trinajstić information content (AvgIpc) is 2.88. The number of amides is 2. The fraction of sp³-hybridized carbons (Fsp3) is 0.154. The van der Waals surface area contributed by atoms with Crippen LogP contribution in [0, 0.1) is 0 Å². The van der Waals surface area contributed by atoms with E-state index in [1.54, 1.807) is 49.4 Å². The number of hydrazone groups is 1. The van der Waals surface area contributed by atoms with Gasteiger partial charge in [-0.25, -0.2) is 10.2 Å². The van der Waals surface area contributed by atoms with Crippen LogP contribution in [0.15, 0.2) is 65.8 Å². The van der Waals surface area contributed by atoms with Crippen molar-refractivity contribution in [2.75, 3.05) is 18.5 Å². The van der Waals surface area contributed by atoms with Crippen LogP contribution < -0.4 is 25.0 Å². The molecule has 0 aliphatic rings. The molecule has 0 heterocycles. The van der Waals surface area contributed by atoms with E-state index in [0.717, 1.165) is 0 Å². The molecule has 0 saturated heterocycles. The number of halogens is 2. The van der Waals surface area contributed by atoms with Crippen molar-refractivity contribution in [2.45, 2.75) is 13.8 Å². The smallest absolute Gasteiger partial charge is 0.343 e. The Morgan fingerprint density at radius 3 is 2.30 bits per heavy atom. The number of esters is 1. The lowest BCUT2D eigenvalue weighted by atomic mass is 10.2. The fourth-order valence-electron chi connectivity index (χ4n) is 2.96. The predicted octanol–water partition coefficient (Wildman–Crippen LogP) is 5.10. The highest BCUT2D eigenvalue weighted by Crippen LogP contribution is 2.29. The second-order valence-electron chi connectivity index (χ2n) is 7.26. The second kappa shape index (κ2) is 13.3. The third kappa shape index (κ3) is 7.96. The first-order valence-corrected chi connectivity index (χ1v) is 11.9. The highest BCUT2D eigenvalue weighted by atomic mass is 35.5. The summed E-state index contributed by atoms with van der Waals surface area (Å²) in [7, 11) is 0. The van der Waals surface area contributed by atoms with Gasteiger partial charge in [0.25, 0.3) is 0 Å². The Labute approximate surface area is 223 Å². The van der Waals surface area contributed by atoms with Gasteiger partial charge in [-0.1, -0.05) is 23.2 Å². The molecule has 3 rings (SSSR count). The fourth-order valence-corrected chi connectivity index (χ4v) is 3.30. The number of benzene rings is 3. The molecule has 0 fully saturated rings. The molecule has 192 valence electrons. The van der Waals surface area contributed by atoms with Gasteiger partial charge in [-0.05, 0) is 80.1 Å². The van der Waals surface area contributed by atoms with Gasteiger partial charge in [-0.15, -0.1) is 0 Å². The maximum absolute atomic E-state index is 12.6. The minimum absolute atomic E-state index is 0.190. The molecule has 11 heteroatoms. The summed E-state index contributed by atoms with van der Waals surface area (Å²) in [5.74, 6) is -1.41. The van der Waals surface area contributed by atoms with Gasteiger partial charge in [0.1, 0.15) is 5.75 Å². The highest BCUT2D eigenvalue weighted by Gasteiger charge is 2.16. The van der Waals surface area contributed by atoms with Crippen molar-refractivity contribution in [2.24, 2.45) is 5.10 Å². The van der Waals surface area contributed by atoms with E-state index in [-0.39, 0.29) is 16.5 Å². The molecule has 2 amide bonds. The van der Waals surface area contributed by atoms with Crippen molar-refractivity contribution >= 4 is 52.9 Å². The molecule has 3 aromatic rings. The minimum Gasteiger partial charge on any atom is -0.494 e. The summed E-state index contributed by atoms with van der Waals surface area (Å²) in [5, 5.41) is 6.71. The molecule has 0 aromatic heterocycles. The van der Waals surface area contributed by atoms with Gasteiger partial charge in [0.2, 0.25) is 0 Å². The maximum Gasteiger partial charge on any atom is 0.343 e. The topological polar surface area (TPSA) is 115 Å². The molecular formula is C26H23Cl2N3O6. The molecule has 37 heavy (non-hydrogen) atoms. The van der Waals surface area contributed by atoms with Crippen LogP contribution in [-0.2, 0) is 9.59 Å². The first-order valence-electron chi connectivity index (χ1n) is 11.1. The monoisotopic (exact) mass is 543 g/mol. The normalized spacial score (nSPS) is 10.6. The molecular weight excluding hydrogens is 521 g/mol. The Bertz CT molecular complexity index is 1310. The van der Waals surface area contributed by atoms with Crippen LogP contribution in [0.3, 0.4) is 0 Å². The third-order valence-corrected chi connectivity index (χ3v) is 5.20. The standard InChI is InChI=1S/C26H23Cl2N3O6/c1-3-35-19-9-6-17(7-10-19)26(34)37-22-12-5-16(13-23(22)36-4-2)15-29-31-25(33)24(32)30-21-14-18(27)8-11-20(21)28/h5-15H,3-4H2,1-2H3,(H,30,32)(H,31,33). The van der Waals surface area contributed by atoms with Crippen molar-refractivity contribution in [1.82, 2.24) is 5.43 Å². The molecule has 0 bridgehead atoms. The van der Waals surface area contributed by atoms with Crippen molar-refractivity contribution in [1.29, 1.82) is 0 Å². The van der Waals surface area contributed by atoms with Gasteiger partial charge in [0.05, 0.1) is 35.7 Å². The van der Waals surface area contributed by atoms with Crippen molar-refractivity contribution < 1.29 is 28.6 Å². The lowest BCUT2D eigenvalue weighted by Crippen LogP contribution is -2.32. The summed E-state index contributed by atoms with van der Waals surface area (Å²) in [4.78, 5) is 36.7. The van der Waals surface area contributed by atoms with Crippen molar-refractivity contribution in [3.63, 3.8) is 0 Å². The summed E-state index contributed by atoms with van der Waals surface area (Å²) >= 11 is 11.9. The first-order chi connectivity index (χ1) is 17.8. The minimum atomic E-state index is -1.02. The predicted molar refractivity (Wildman–Crippen MR) is 141 cm³/mol. The molecule has 0 saturated carbocycles. The van der Waals surface area contributed by atoms with E-state index in [9.17, 15) is 14.4 Å². The Morgan fingerprint density at radius 2 is 1.59 bits per heavy atom. The quantitative estimate of drug-likeness (QED) is 0.127. The molecule has 0 atom stereocenters. The molecule has 0 aliphatic carbocycles. The van der Waals surface area contributed by atoms with Crippen molar-refractivity contribution in [3.05, 3.63) is 81.8 Å². The zero-order chi connectivity index (χ0) is 26.8. The van der Waals surface area contributed by atoms with Gasteiger partial charge in [-0.3, -0.25) is 9.59 Å². The van der Waals surface area contributed by atoms with Gasteiger partial charge < -0.3 is 19.5 Å². The summed E-state index contributed by atoms with van der Waals surface area (Å²) < 4.78 is 16.5. The maximum atomic E-state index is 12.6. The summed E-state index contributed by atoms with van der Waals surface area (Å²) in [6.07, 6.45) is 1.30. The largest absolute Gasteiger partial charge is 0.494 e. The zero-order valence-corrected chi connectivity index (χ0v) is 21.4. The lowest BCUT2D eigenvalue weighted by Gasteiger charge is -2.11. The number of carbonyl (C=O) groups excluding carboxylic acids is 3. The van der Waals surface area contributed by atoms with Crippen LogP contribution in [0.2, 0.25) is 10.0 Å². The van der Waals surface area contributed by atoms with Crippen LogP contribution >= 0.6 is 23.2 Å². The average molecular weight is 544 g/mol. The van der Waals surface area contributed by atoms with Crippen molar-refractivity contribution in [3.8, 4) is 17.2 Å². The number of carbonyl (C=O) groups is 3. The Hall–Kier alpha value is -4.08. The SMILES string of the molecule is CCOc1ccc(C(=O)Oc2ccc(C=NNC(=O)C(=O)Nc3cc(Cl)ccc3Cl)cc2OCC)cc1. The van der Waals surface area contributed by atoms with Crippen LogP contribution in [0.1, 0.15) is 29.8 Å². The third-order valence-electron chi connectivity index (χ3n) is 4.63. The Morgan fingerprint density at radius 1 is 0.865 bits per heavy atom. The molecule has 2 N–H and O–H groups in total. The number of anilines is 1. The van der Waals surface area contributed by atoms with Gasteiger partial charge in [0, 0.05) is 5.02 Å². The second-order valence-corrected chi connectivity index (χ2v) is 8.11. The molecule has 0 radical (unpaired) electrons. The van der Waals surface area contributed by atoms with Crippen LogP contribution in [0.4, 0.5) is 5.69 Å². The van der Waals surface area contributed by atoms with E-state index in [4.69, 9.17) is 37.4 Å². The number of nitrogens with one attached hydrogen (secondary N) is 2. The summed E-state index contributed by atoms with van der Waals surface area (Å²) in [6.45, 7) is 4.49. The zero-order valence-electron chi connectivity index (χ0n) is 19.9. The van der Waals surface area contributed by atoms with Crippen LogP contribution in [0.5, 0.6) is 17.2 Å². The number of nitrogens with zero attached hydrogens (tertiary/aromatic N) is 1. The highest BCUT2D eigenvalue weighted by molar-refractivity contribution is 6.42. The Kier molecular flexibility index (Phi) is 9.88. The van der Waals surface area contributed by atoms with Gasteiger partial charge in [0.15, 0.2) is 11.5 Å². The first kappa shape index (κ1) is 27.5. The van der Waals surface area contributed by atoms with E-state index in [1.165, 1.54) is 24.4 Å². The summed E-state index contributed by atoms with van der Waals surface area (Å²) in [6, 6.07) is 15.7. The molecule has 3 aromatic carbocycles. The lowest BCUT2D eigenvalue weighted by molar-refractivity contribution is -0.136. The van der Waals surface area contributed by atoms with E-state index < -0.39 is 17.8 Å². The molecule has 0 spiro atoms. The van der Waals surface area contributed by atoms with E-state index in [0.29, 0.717) is 40.9 Å². The number of rotatable bonds is 9. The Balaban J connectivity index is 1.63. The number of hydrogen-bond donors (Lipinski definition) is 2. The van der Waals surface area contributed by atoms with E-state index >= 15 is 0 Å². The number of hydrogen-bond acceptors (Lipinski definition) is 7. The molecule has 0 unspecified atom stereocenters. The summed E-state index contributed by atoms with van der Waals surface area (Å²) in [5.41, 5.74) is 3.18. The van der Waals surface area contributed by atoms with E-state index in [2.05, 4.69) is 15.8 Å². The van der Waals surface area contributed by atoms with Gasteiger partial charge in [-0.2, -0.15) is 5.10 Å². The molecule has 0 aliphatic heterocycles. The van der Waals surface area contributed by atoms with Crippen LogP contribution in [0.25, 0.3) is 0 Å². The number of ether oxygens (including phenoxy) is 3. The van der Waals surface area contributed by atoms with Crippen LogP contribution in [-0.4, -0.2) is 37.2 Å². The van der Waals surface area contributed by atoms with E-state index in [1.807, 2.05) is 6.92 Å². The molecule has 9 nitrogen and oxygen atoms in total.